The van der Waals surface area contributed by atoms with Gasteiger partial charge in [0.05, 0.1) is 0 Å². The highest BCUT2D eigenvalue weighted by Crippen LogP contribution is 2.47. The zero-order valence-electron chi connectivity index (χ0n) is 19.5. The highest BCUT2D eigenvalue weighted by molar-refractivity contribution is 5.68. The van der Waals surface area contributed by atoms with Gasteiger partial charge in [0.1, 0.15) is 12.4 Å². The summed E-state index contributed by atoms with van der Waals surface area (Å²) in [5.74, 6) is 0.656. The van der Waals surface area contributed by atoms with Crippen molar-refractivity contribution in [3.8, 4) is 5.75 Å². The Bertz CT molecular complexity index is 976. The maximum absolute atomic E-state index is 12.8. The van der Waals surface area contributed by atoms with Crippen LogP contribution in [0.2, 0.25) is 0 Å². The van der Waals surface area contributed by atoms with Crippen molar-refractivity contribution in [2.45, 2.75) is 70.4 Å². The Kier molecular flexibility index (Phi) is 7.21. The van der Waals surface area contributed by atoms with Gasteiger partial charge in [-0.2, -0.15) is 0 Å². The van der Waals surface area contributed by atoms with E-state index < -0.39 is 0 Å². The number of carbonyl (C=O) groups is 2. The number of nitrogens with one attached hydrogen (secondary N) is 1. The van der Waals surface area contributed by atoms with E-state index in [9.17, 15) is 9.59 Å². The van der Waals surface area contributed by atoms with Gasteiger partial charge in [0.15, 0.2) is 0 Å². The second-order valence-corrected chi connectivity index (χ2v) is 9.38. The maximum Gasteiger partial charge on any atom is 0.407 e. The largest absolute Gasteiger partial charge is 0.457 e. The molecule has 2 aliphatic rings. The molecule has 2 aliphatic carbocycles. The van der Waals surface area contributed by atoms with Crippen LogP contribution in [0.4, 0.5) is 4.79 Å². The first kappa shape index (κ1) is 23.1. The zero-order chi connectivity index (χ0) is 23.3. The third-order valence-electron chi connectivity index (χ3n) is 7.08. The van der Waals surface area contributed by atoms with Crippen LogP contribution in [0.15, 0.2) is 48.5 Å². The summed E-state index contributed by atoms with van der Waals surface area (Å²) in [5, 5.41) is 3.25. The average molecular weight is 452 g/mol. The normalized spacial score (nSPS) is 23.9. The molecule has 1 N–H and O–H groups in total. The van der Waals surface area contributed by atoms with E-state index in [1.807, 2.05) is 36.4 Å². The molecule has 0 aliphatic heterocycles. The summed E-state index contributed by atoms with van der Waals surface area (Å²) in [7, 11) is 0. The molecule has 4 rings (SSSR count). The second kappa shape index (κ2) is 10.3. The summed E-state index contributed by atoms with van der Waals surface area (Å²) in [6.07, 6.45) is 6.10. The summed E-state index contributed by atoms with van der Waals surface area (Å²) in [4.78, 5) is 23.9. The van der Waals surface area contributed by atoms with Crippen LogP contribution in [0.3, 0.4) is 0 Å². The smallest absolute Gasteiger partial charge is 0.407 e. The van der Waals surface area contributed by atoms with Crippen LogP contribution in [0.25, 0.3) is 0 Å². The summed E-state index contributed by atoms with van der Waals surface area (Å²) in [6.45, 7) is 3.76. The molecule has 2 bridgehead atoms. The molecule has 2 aromatic carbocycles. The van der Waals surface area contributed by atoms with Gasteiger partial charge in [0.25, 0.3) is 0 Å². The van der Waals surface area contributed by atoms with E-state index >= 15 is 0 Å². The van der Waals surface area contributed by atoms with Crippen LogP contribution in [0, 0.1) is 5.92 Å². The Labute approximate surface area is 195 Å². The third kappa shape index (κ3) is 5.49. The van der Waals surface area contributed by atoms with Crippen LogP contribution in [0.1, 0.15) is 62.6 Å². The van der Waals surface area contributed by atoms with Crippen LogP contribution >= 0.6 is 0 Å². The number of carbonyl (C=O) groups excluding carboxylic acids is 2. The van der Waals surface area contributed by atoms with Crippen molar-refractivity contribution in [2.75, 3.05) is 6.79 Å². The first-order valence-electron chi connectivity index (χ1n) is 11.8. The van der Waals surface area contributed by atoms with E-state index in [-0.39, 0.29) is 36.9 Å². The fourth-order valence-electron chi connectivity index (χ4n) is 5.43. The molecule has 0 aromatic heterocycles. The molecule has 0 radical (unpaired) electrons. The lowest BCUT2D eigenvalue weighted by atomic mass is 9.59. The van der Waals surface area contributed by atoms with Crippen molar-refractivity contribution in [3.63, 3.8) is 0 Å². The van der Waals surface area contributed by atoms with Gasteiger partial charge in [-0.1, -0.05) is 62.6 Å². The van der Waals surface area contributed by atoms with Crippen molar-refractivity contribution in [2.24, 2.45) is 5.92 Å². The van der Waals surface area contributed by atoms with Gasteiger partial charge >= 0.3 is 12.1 Å². The number of hydrogen-bond acceptors (Lipinski definition) is 5. The minimum absolute atomic E-state index is 0.0164. The number of amides is 1. The quantitative estimate of drug-likeness (QED) is 0.478. The number of hydrogen-bond donors (Lipinski definition) is 1. The molecular weight excluding hydrogens is 418 g/mol. The molecule has 0 spiro atoms. The minimum atomic E-state index is -0.374. The van der Waals surface area contributed by atoms with Crippen LogP contribution < -0.4 is 10.1 Å². The second-order valence-electron chi connectivity index (χ2n) is 9.38. The Morgan fingerprint density at radius 2 is 1.88 bits per heavy atom. The Morgan fingerprint density at radius 3 is 2.67 bits per heavy atom. The van der Waals surface area contributed by atoms with Gasteiger partial charge in [-0.25, -0.2) is 4.79 Å². The predicted octanol–water partition coefficient (Wildman–Crippen LogP) is 5.28. The molecule has 1 saturated carbocycles. The highest BCUT2D eigenvalue weighted by Gasteiger charge is 2.46. The molecule has 2 aromatic rings. The fourth-order valence-corrected chi connectivity index (χ4v) is 5.43. The summed E-state index contributed by atoms with van der Waals surface area (Å²) in [5.41, 5.74) is 3.25. The van der Waals surface area contributed by atoms with Gasteiger partial charge in [-0.15, -0.1) is 0 Å². The van der Waals surface area contributed by atoms with Crippen molar-refractivity contribution in [1.29, 1.82) is 0 Å². The molecule has 6 nitrogen and oxygen atoms in total. The number of benzene rings is 2. The van der Waals surface area contributed by atoms with Gasteiger partial charge < -0.3 is 19.5 Å². The maximum atomic E-state index is 12.8. The standard InChI is InChI=1S/C27H33NO5/c1-19(29)32-18-33-23-13-12-21-15-22-11-7-4-8-14-27(2,24(21)16-23)25(22)28-26(30)31-17-20-9-5-3-6-10-20/h3,5-6,9-10,12-13,16,22,25H,4,7-8,11,14-15,17-18H2,1-2H3,(H,28,30)/t22-,25-,27+/m0/s1. The van der Waals surface area contributed by atoms with E-state index in [0.29, 0.717) is 11.7 Å². The summed E-state index contributed by atoms with van der Waals surface area (Å²) in [6, 6.07) is 15.8. The van der Waals surface area contributed by atoms with Crippen molar-refractivity contribution >= 4 is 12.1 Å². The minimum Gasteiger partial charge on any atom is -0.457 e. The number of esters is 1. The predicted molar refractivity (Wildman–Crippen MR) is 125 cm³/mol. The number of rotatable bonds is 6. The van der Waals surface area contributed by atoms with Crippen molar-refractivity contribution in [3.05, 3.63) is 65.2 Å². The monoisotopic (exact) mass is 451 g/mol. The molecule has 0 saturated heterocycles. The van der Waals surface area contributed by atoms with Crippen LogP contribution in [-0.4, -0.2) is 24.9 Å². The molecule has 1 fully saturated rings. The van der Waals surface area contributed by atoms with Gasteiger partial charge in [0.2, 0.25) is 6.79 Å². The van der Waals surface area contributed by atoms with E-state index in [4.69, 9.17) is 14.2 Å². The van der Waals surface area contributed by atoms with Crippen molar-refractivity contribution < 1.29 is 23.8 Å². The molecule has 3 atom stereocenters. The van der Waals surface area contributed by atoms with Crippen molar-refractivity contribution in [1.82, 2.24) is 5.32 Å². The topological polar surface area (TPSA) is 73.9 Å². The first-order valence-corrected chi connectivity index (χ1v) is 11.8. The Balaban J connectivity index is 1.54. The molecule has 0 unspecified atom stereocenters. The average Bonchev–Trinajstić information content (AvgIpc) is 2.80. The lowest BCUT2D eigenvalue weighted by Crippen LogP contribution is -2.57. The lowest BCUT2D eigenvalue weighted by Gasteiger charge is -2.49. The van der Waals surface area contributed by atoms with Gasteiger partial charge in [-0.05, 0) is 54.0 Å². The summed E-state index contributed by atoms with van der Waals surface area (Å²) >= 11 is 0. The number of ether oxygens (including phenoxy) is 3. The third-order valence-corrected chi connectivity index (χ3v) is 7.08. The van der Waals surface area contributed by atoms with Crippen LogP contribution in [-0.2, 0) is 32.7 Å². The SMILES string of the molecule is CC(=O)OCOc1ccc2c(c1)[C@@]1(C)CCCCC[C@@H](C2)[C@@H]1NC(=O)OCc1ccccc1. The van der Waals surface area contributed by atoms with E-state index in [0.717, 1.165) is 31.2 Å². The molecular formula is C27H33NO5. The first-order chi connectivity index (χ1) is 16.0. The van der Waals surface area contributed by atoms with E-state index in [1.54, 1.807) is 0 Å². The molecule has 6 heteroatoms. The number of alkyl carbamates (subject to hydrolysis) is 1. The van der Waals surface area contributed by atoms with Gasteiger partial charge in [0, 0.05) is 18.4 Å². The Hall–Kier alpha value is -3.02. The lowest BCUT2D eigenvalue weighted by molar-refractivity contribution is -0.147. The molecule has 1 amide bonds. The fraction of sp³-hybridized carbons (Fsp3) is 0.481. The van der Waals surface area contributed by atoms with Gasteiger partial charge in [-0.3, -0.25) is 4.79 Å². The number of fused-ring (bicyclic) bond motifs is 4. The Morgan fingerprint density at radius 1 is 1.06 bits per heavy atom. The molecule has 33 heavy (non-hydrogen) atoms. The molecule has 176 valence electrons. The van der Waals surface area contributed by atoms with E-state index in [2.05, 4.69) is 24.4 Å². The van der Waals surface area contributed by atoms with Crippen LogP contribution in [0.5, 0.6) is 5.75 Å². The molecule has 0 heterocycles. The highest BCUT2D eigenvalue weighted by atomic mass is 16.7. The zero-order valence-corrected chi connectivity index (χ0v) is 19.5. The van der Waals surface area contributed by atoms with E-state index in [1.165, 1.54) is 30.9 Å². The summed E-state index contributed by atoms with van der Waals surface area (Å²) < 4.78 is 16.2.